The number of rotatable bonds is 5. The van der Waals surface area contributed by atoms with Crippen molar-refractivity contribution in [3.8, 4) is 11.3 Å². The predicted octanol–water partition coefficient (Wildman–Crippen LogP) is 2.25. The van der Waals surface area contributed by atoms with E-state index >= 15 is 0 Å². The molecule has 1 fully saturated rings. The Labute approximate surface area is 123 Å². The predicted molar refractivity (Wildman–Crippen MR) is 78.1 cm³/mol. The summed E-state index contributed by atoms with van der Waals surface area (Å²) in [7, 11) is 0. The molecule has 0 aliphatic carbocycles. The maximum atomic E-state index is 12.2. The molecule has 1 aromatic carbocycles. The average molecular weight is 286 g/mol. The molecule has 0 saturated carbocycles. The van der Waals surface area contributed by atoms with Crippen LogP contribution in [0.15, 0.2) is 40.9 Å². The lowest BCUT2D eigenvalue weighted by atomic mass is 10.1. The zero-order valence-corrected chi connectivity index (χ0v) is 11.8. The van der Waals surface area contributed by atoms with Gasteiger partial charge in [-0.1, -0.05) is 35.5 Å². The van der Waals surface area contributed by atoms with Crippen molar-refractivity contribution < 1.29 is 14.1 Å². The molecule has 0 bridgehead atoms. The molecule has 5 nitrogen and oxygen atoms in total. The molecule has 2 aromatic rings. The zero-order chi connectivity index (χ0) is 14.5. The van der Waals surface area contributed by atoms with E-state index in [4.69, 9.17) is 9.26 Å². The van der Waals surface area contributed by atoms with Crippen LogP contribution in [0, 0.1) is 0 Å². The first-order valence-electron chi connectivity index (χ1n) is 7.18. The summed E-state index contributed by atoms with van der Waals surface area (Å²) >= 11 is 0. The molecule has 1 saturated heterocycles. The van der Waals surface area contributed by atoms with Gasteiger partial charge in [-0.25, -0.2) is 0 Å². The van der Waals surface area contributed by atoms with Crippen molar-refractivity contribution in [2.75, 3.05) is 32.8 Å². The van der Waals surface area contributed by atoms with Gasteiger partial charge in [0.1, 0.15) is 5.69 Å². The Hall–Kier alpha value is -1.98. The number of ketones is 1. The lowest BCUT2D eigenvalue weighted by Crippen LogP contribution is -2.37. The molecule has 0 unspecified atom stereocenters. The highest BCUT2D eigenvalue weighted by Gasteiger charge is 2.16. The zero-order valence-electron chi connectivity index (χ0n) is 11.8. The van der Waals surface area contributed by atoms with E-state index in [0.717, 1.165) is 38.4 Å². The summed E-state index contributed by atoms with van der Waals surface area (Å²) in [5.74, 6) is 0.651. The van der Waals surface area contributed by atoms with Crippen molar-refractivity contribution in [2.24, 2.45) is 0 Å². The molecule has 1 aliphatic rings. The van der Waals surface area contributed by atoms with E-state index in [1.54, 1.807) is 6.07 Å². The molecule has 1 aliphatic heterocycles. The number of Topliss-reactive ketones (excluding diaryl/α,β-unsaturated/α-hetero) is 1. The van der Waals surface area contributed by atoms with Gasteiger partial charge >= 0.3 is 0 Å². The average Bonchev–Trinajstić information content (AvgIpc) is 3.04. The van der Waals surface area contributed by atoms with Crippen molar-refractivity contribution in [1.29, 1.82) is 0 Å². The Balaban J connectivity index is 1.59. The summed E-state index contributed by atoms with van der Waals surface area (Å²) in [5, 5.41) is 3.89. The smallest absolute Gasteiger partial charge is 0.186 e. The maximum Gasteiger partial charge on any atom is 0.186 e. The molecule has 1 aromatic heterocycles. The van der Waals surface area contributed by atoms with Crippen LogP contribution in [0.2, 0.25) is 0 Å². The standard InChI is InChI=1S/C16H18N2O3/c19-15(6-7-18-8-10-20-11-9-18)14-12-16(21-17-14)13-4-2-1-3-5-13/h1-5,12H,6-11H2. The van der Waals surface area contributed by atoms with Crippen LogP contribution in [-0.2, 0) is 4.74 Å². The normalized spacial score (nSPS) is 16.0. The molecule has 21 heavy (non-hydrogen) atoms. The number of carbonyl (C=O) groups is 1. The monoisotopic (exact) mass is 286 g/mol. The number of ether oxygens (including phenoxy) is 1. The highest BCUT2D eigenvalue weighted by Crippen LogP contribution is 2.20. The third-order valence-electron chi connectivity index (χ3n) is 3.61. The second-order valence-corrected chi connectivity index (χ2v) is 5.07. The molecular formula is C16H18N2O3. The van der Waals surface area contributed by atoms with Crippen LogP contribution >= 0.6 is 0 Å². The van der Waals surface area contributed by atoms with Gasteiger partial charge in [-0.2, -0.15) is 0 Å². The quantitative estimate of drug-likeness (QED) is 0.789. The van der Waals surface area contributed by atoms with Crippen LogP contribution in [0.3, 0.4) is 0 Å². The molecule has 110 valence electrons. The van der Waals surface area contributed by atoms with E-state index in [-0.39, 0.29) is 5.78 Å². The van der Waals surface area contributed by atoms with Crippen LogP contribution in [0.1, 0.15) is 16.9 Å². The number of morpholine rings is 1. The Morgan fingerprint density at radius 1 is 1.19 bits per heavy atom. The molecule has 3 rings (SSSR count). The van der Waals surface area contributed by atoms with Gasteiger partial charge in [0.2, 0.25) is 0 Å². The lowest BCUT2D eigenvalue weighted by molar-refractivity contribution is 0.0369. The van der Waals surface area contributed by atoms with Crippen LogP contribution < -0.4 is 0 Å². The minimum Gasteiger partial charge on any atom is -0.379 e. The van der Waals surface area contributed by atoms with Gasteiger partial charge in [-0.3, -0.25) is 9.69 Å². The van der Waals surface area contributed by atoms with Gasteiger partial charge in [0.25, 0.3) is 0 Å². The molecule has 5 heteroatoms. The van der Waals surface area contributed by atoms with Gasteiger partial charge < -0.3 is 9.26 Å². The maximum absolute atomic E-state index is 12.2. The largest absolute Gasteiger partial charge is 0.379 e. The second-order valence-electron chi connectivity index (χ2n) is 5.07. The summed E-state index contributed by atoms with van der Waals surface area (Å²) in [4.78, 5) is 14.4. The van der Waals surface area contributed by atoms with E-state index in [9.17, 15) is 4.79 Å². The van der Waals surface area contributed by atoms with E-state index in [1.165, 1.54) is 0 Å². The summed E-state index contributed by atoms with van der Waals surface area (Å²) in [6.07, 6.45) is 0.459. The molecule has 0 radical (unpaired) electrons. The van der Waals surface area contributed by atoms with Gasteiger partial charge in [0, 0.05) is 37.7 Å². The SMILES string of the molecule is O=C(CCN1CCOCC1)c1cc(-c2ccccc2)on1. The molecular weight excluding hydrogens is 268 g/mol. The number of hydrogen-bond donors (Lipinski definition) is 0. The second kappa shape index (κ2) is 6.65. The van der Waals surface area contributed by atoms with E-state index in [2.05, 4.69) is 10.1 Å². The fourth-order valence-electron chi connectivity index (χ4n) is 2.36. The Bertz CT molecular complexity index is 589. The van der Waals surface area contributed by atoms with E-state index in [0.29, 0.717) is 17.9 Å². The van der Waals surface area contributed by atoms with Gasteiger partial charge in [-0.05, 0) is 0 Å². The van der Waals surface area contributed by atoms with Crippen LogP contribution in [0.4, 0.5) is 0 Å². The summed E-state index contributed by atoms with van der Waals surface area (Å²) in [6, 6.07) is 11.4. The molecule has 0 N–H and O–H groups in total. The number of nitrogens with zero attached hydrogens (tertiary/aromatic N) is 2. The van der Waals surface area contributed by atoms with Crippen molar-refractivity contribution >= 4 is 5.78 Å². The number of carbonyl (C=O) groups excluding carboxylic acids is 1. The Morgan fingerprint density at radius 2 is 1.95 bits per heavy atom. The fraction of sp³-hybridized carbons (Fsp3) is 0.375. The van der Waals surface area contributed by atoms with Crippen LogP contribution in [-0.4, -0.2) is 48.7 Å². The number of aromatic nitrogens is 1. The van der Waals surface area contributed by atoms with Gasteiger partial charge in [0.05, 0.1) is 13.2 Å². The topological polar surface area (TPSA) is 55.6 Å². The van der Waals surface area contributed by atoms with E-state index < -0.39 is 0 Å². The number of benzene rings is 1. The Kier molecular flexibility index (Phi) is 4.43. The highest BCUT2D eigenvalue weighted by atomic mass is 16.5. The van der Waals surface area contributed by atoms with Crippen LogP contribution in [0.25, 0.3) is 11.3 Å². The summed E-state index contributed by atoms with van der Waals surface area (Å²) in [5.41, 5.74) is 1.33. The van der Waals surface area contributed by atoms with Crippen molar-refractivity contribution in [2.45, 2.75) is 6.42 Å². The van der Waals surface area contributed by atoms with E-state index in [1.807, 2.05) is 30.3 Å². The first-order valence-corrected chi connectivity index (χ1v) is 7.18. The van der Waals surface area contributed by atoms with Crippen molar-refractivity contribution in [3.63, 3.8) is 0 Å². The minimum atomic E-state index is 0.0208. The number of hydrogen-bond acceptors (Lipinski definition) is 5. The molecule has 0 atom stereocenters. The fourth-order valence-corrected chi connectivity index (χ4v) is 2.36. The summed E-state index contributed by atoms with van der Waals surface area (Å²) < 4.78 is 10.5. The summed E-state index contributed by atoms with van der Waals surface area (Å²) in [6.45, 7) is 4.02. The lowest BCUT2D eigenvalue weighted by Gasteiger charge is -2.25. The van der Waals surface area contributed by atoms with Crippen LogP contribution in [0.5, 0.6) is 0 Å². The van der Waals surface area contributed by atoms with Gasteiger partial charge in [0.15, 0.2) is 11.5 Å². The minimum absolute atomic E-state index is 0.0208. The van der Waals surface area contributed by atoms with Gasteiger partial charge in [-0.15, -0.1) is 0 Å². The van der Waals surface area contributed by atoms with Crippen molar-refractivity contribution in [1.82, 2.24) is 10.1 Å². The first-order chi connectivity index (χ1) is 10.3. The van der Waals surface area contributed by atoms with Crippen molar-refractivity contribution in [3.05, 3.63) is 42.1 Å². The first kappa shape index (κ1) is 14.0. The molecule has 0 amide bonds. The molecule has 2 heterocycles. The third-order valence-corrected chi connectivity index (χ3v) is 3.61. The third kappa shape index (κ3) is 3.56. The molecule has 0 spiro atoms. The Morgan fingerprint density at radius 3 is 2.71 bits per heavy atom. The highest BCUT2D eigenvalue weighted by molar-refractivity contribution is 5.95.